The molecule has 3 aromatic carbocycles. The van der Waals surface area contributed by atoms with Crippen molar-refractivity contribution in [3.8, 4) is 0 Å². The zero-order valence-corrected chi connectivity index (χ0v) is 17.2. The minimum atomic E-state index is -3.83. The molecular weight excluding hydrogens is 404 g/mol. The first-order valence-electron chi connectivity index (χ1n) is 9.23. The highest BCUT2D eigenvalue weighted by atomic mass is 32.2. The maximum absolute atomic E-state index is 13.3. The fourth-order valence-electron chi connectivity index (χ4n) is 3.39. The molecule has 0 bridgehead atoms. The molecule has 1 aliphatic heterocycles. The van der Waals surface area contributed by atoms with Crippen molar-refractivity contribution in [2.24, 2.45) is 5.14 Å². The van der Waals surface area contributed by atoms with E-state index in [1.165, 1.54) is 23.4 Å². The summed E-state index contributed by atoms with van der Waals surface area (Å²) in [6, 6.07) is 22.2. The molecule has 1 amide bonds. The molecule has 0 atom stereocenters. The van der Waals surface area contributed by atoms with Crippen LogP contribution < -0.4 is 10.0 Å². The third-order valence-electron chi connectivity index (χ3n) is 4.82. The second-order valence-corrected chi connectivity index (χ2v) is 9.46. The number of nitrogens with zero attached hydrogens (tertiary/aromatic N) is 1. The van der Waals surface area contributed by atoms with Crippen molar-refractivity contribution < 1.29 is 13.2 Å². The number of rotatable bonds is 5. The van der Waals surface area contributed by atoms with Crippen LogP contribution in [0.15, 0.2) is 87.5 Å². The van der Waals surface area contributed by atoms with E-state index >= 15 is 0 Å². The van der Waals surface area contributed by atoms with Gasteiger partial charge < -0.3 is 4.90 Å². The third-order valence-corrected chi connectivity index (χ3v) is 6.86. The second-order valence-electron chi connectivity index (χ2n) is 6.82. The number of hydrogen-bond donors (Lipinski definition) is 1. The van der Waals surface area contributed by atoms with Gasteiger partial charge in [-0.3, -0.25) is 4.79 Å². The first-order valence-corrected chi connectivity index (χ1v) is 11.6. The first-order chi connectivity index (χ1) is 13.9. The van der Waals surface area contributed by atoms with Gasteiger partial charge >= 0.3 is 0 Å². The lowest BCUT2D eigenvalue weighted by Gasteiger charge is -2.23. The van der Waals surface area contributed by atoms with Crippen LogP contribution in [0.2, 0.25) is 0 Å². The first kappa shape index (κ1) is 19.7. The van der Waals surface area contributed by atoms with E-state index in [9.17, 15) is 13.2 Å². The number of carbonyl (C=O) groups excluding carboxylic acids is 1. The average Bonchev–Trinajstić information content (AvgIpc) is 2.82. The van der Waals surface area contributed by atoms with Gasteiger partial charge in [0.05, 0.1) is 16.1 Å². The monoisotopic (exact) mass is 424 g/mol. The highest BCUT2D eigenvalue weighted by Gasteiger charge is 2.27. The Hall–Kier alpha value is -2.61. The minimum Gasteiger partial charge on any atom is -0.307 e. The number of nitrogens with two attached hydrogens (primary N) is 1. The van der Waals surface area contributed by atoms with Crippen molar-refractivity contribution in [2.75, 3.05) is 11.4 Å². The van der Waals surface area contributed by atoms with E-state index < -0.39 is 10.0 Å². The Kier molecular flexibility index (Phi) is 5.45. The van der Waals surface area contributed by atoms with Crippen molar-refractivity contribution in [3.05, 3.63) is 83.9 Å². The Morgan fingerprint density at radius 2 is 1.62 bits per heavy atom. The summed E-state index contributed by atoms with van der Waals surface area (Å²) in [5.41, 5.74) is 2.54. The number of primary sulfonamides is 1. The van der Waals surface area contributed by atoms with Gasteiger partial charge in [-0.2, -0.15) is 0 Å². The molecule has 7 heteroatoms. The van der Waals surface area contributed by atoms with E-state index in [1.54, 1.807) is 23.1 Å². The maximum Gasteiger partial charge on any atom is 0.259 e. The highest BCUT2D eigenvalue weighted by Crippen LogP contribution is 2.42. The summed E-state index contributed by atoms with van der Waals surface area (Å²) < 4.78 is 23.6. The van der Waals surface area contributed by atoms with Gasteiger partial charge in [0.1, 0.15) is 0 Å². The van der Waals surface area contributed by atoms with Crippen LogP contribution >= 0.6 is 11.8 Å². The number of amides is 1. The van der Waals surface area contributed by atoms with Gasteiger partial charge in [0.15, 0.2) is 0 Å². The molecule has 5 nitrogen and oxygen atoms in total. The van der Waals surface area contributed by atoms with Gasteiger partial charge in [-0.15, -0.1) is 0 Å². The summed E-state index contributed by atoms with van der Waals surface area (Å²) in [5.74, 6) is -0.0803. The molecule has 2 N–H and O–H groups in total. The van der Waals surface area contributed by atoms with Crippen LogP contribution in [0.1, 0.15) is 22.3 Å². The lowest BCUT2D eigenvalue weighted by molar-refractivity contribution is 0.0984. The quantitative estimate of drug-likeness (QED) is 0.669. The molecule has 0 radical (unpaired) electrons. The molecule has 0 aromatic heterocycles. The smallest absolute Gasteiger partial charge is 0.259 e. The summed E-state index contributed by atoms with van der Waals surface area (Å²) in [6.45, 7) is 0.532. The van der Waals surface area contributed by atoms with Gasteiger partial charge in [-0.1, -0.05) is 54.2 Å². The minimum absolute atomic E-state index is 0.0415. The number of carbonyl (C=O) groups is 1. The van der Waals surface area contributed by atoms with E-state index in [0.717, 1.165) is 17.7 Å². The van der Waals surface area contributed by atoms with E-state index in [0.29, 0.717) is 22.7 Å². The summed E-state index contributed by atoms with van der Waals surface area (Å²) in [7, 11) is -3.83. The van der Waals surface area contributed by atoms with Gasteiger partial charge in [0.25, 0.3) is 5.91 Å². The predicted octanol–water partition coefficient (Wildman–Crippen LogP) is 4.08. The van der Waals surface area contributed by atoms with Crippen LogP contribution in [-0.4, -0.2) is 20.9 Å². The zero-order valence-electron chi connectivity index (χ0n) is 15.6. The van der Waals surface area contributed by atoms with Crippen molar-refractivity contribution in [1.29, 1.82) is 0 Å². The lowest BCUT2D eigenvalue weighted by atomic mass is 10.1. The Morgan fingerprint density at radius 3 is 2.38 bits per heavy atom. The Balaban J connectivity index is 1.70. The van der Waals surface area contributed by atoms with E-state index in [2.05, 4.69) is 12.1 Å². The van der Waals surface area contributed by atoms with Gasteiger partial charge in [0, 0.05) is 16.3 Å². The normalized spacial score (nSPS) is 13.6. The van der Waals surface area contributed by atoms with E-state index in [4.69, 9.17) is 5.14 Å². The number of benzene rings is 3. The SMILES string of the molecule is NS(=O)(=O)c1ccc2c(c1)Sc1ccccc1C(=O)N2CCCc1ccccc1. The molecule has 0 spiro atoms. The molecule has 4 rings (SSSR count). The number of sulfonamides is 1. The molecule has 0 aliphatic carbocycles. The van der Waals surface area contributed by atoms with E-state index in [-0.39, 0.29) is 10.8 Å². The fourth-order valence-corrected chi connectivity index (χ4v) is 5.12. The topological polar surface area (TPSA) is 80.5 Å². The Morgan fingerprint density at radius 1 is 0.897 bits per heavy atom. The fraction of sp³-hybridized carbons (Fsp3) is 0.136. The summed E-state index contributed by atoms with van der Waals surface area (Å²) in [6.07, 6.45) is 1.64. The third kappa shape index (κ3) is 4.22. The summed E-state index contributed by atoms with van der Waals surface area (Å²) in [5, 5.41) is 5.31. The molecule has 0 saturated carbocycles. The van der Waals surface area contributed by atoms with Crippen molar-refractivity contribution in [2.45, 2.75) is 27.5 Å². The van der Waals surface area contributed by atoms with E-state index in [1.807, 2.05) is 36.4 Å². The van der Waals surface area contributed by atoms with Crippen molar-refractivity contribution >= 4 is 33.4 Å². The predicted molar refractivity (Wildman–Crippen MR) is 115 cm³/mol. The molecule has 0 saturated heterocycles. The molecule has 1 aliphatic rings. The van der Waals surface area contributed by atoms with Crippen LogP contribution in [0, 0.1) is 0 Å². The standard InChI is InChI=1S/C22H20N2O3S2/c23-29(26,27)17-12-13-19-21(15-17)28-20-11-5-4-10-18(20)22(25)24(19)14-6-9-16-7-2-1-3-8-16/h1-5,7-8,10-13,15H,6,9,14H2,(H2,23,26,27). The molecule has 148 valence electrons. The number of fused-ring (bicyclic) bond motifs is 2. The maximum atomic E-state index is 13.3. The molecule has 0 fully saturated rings. The van der Waals surface area contributed by atoms with Crippen LogP contribution in [0.3, 0.4) is 0 Å². The van der Waals surface area contributed by atoms with Crippen LogP contribution in [0.4, 0.5) is 5.69 Å². The largest absolute Gasteiger partial charge is 0.307 e. The molecule has 29 heavy (non-hydrogen) atoms. The molecule has 3 aromatic rings. The van der Waals surface area contributed by atoms with Gasteiger partial charge in [0.2, 0.25) is 10.0 Å². The van der Waals surface area contributed by atoms with Gasteiger partial charge in [-0.05, 0) is 48.7 Å². The summed E-state index contributed by atoms with van der Waals surface area (Å²) in [4.78, 5) is 16.6. The number of aryl methyl sites for hydroxylation is 1. The van der Waals surface area contributed by atoms with Crippen molar-refractivity contribution in [3.63, 3.8) is 0 Å². The molecule has 0 unspecified atom stereocenters. The average molecular weight is 425 g/mol. The Bertz CT molecular complexity index is 1160. The molecule has 1 heterocycles. The van der Waals surface area contributed by atoms with Crippen LogP contribution in [-0.2, 0) is 16.4 Å². The lowest BCUT2D eigenvalue weighted by Crippen LogP contribution is -2.32. The molecular formula is C22H20N2O3S2. The summed E-state index contributed by atoms with van der Waals surface area (Å²) >= 11 is 1.39. The number of anilines is 1. The van der Waals surface area contributed by atoms with Crippen LogP contribution in [0.25, 0.3) is 0 Å². The van der Waals surface area contributed by atoms with Crippen molar-refractivity contribution in [1.82, 2.24) is 0 Å². The second kappa shape index (κ2) is 8.02. The number of hydrogen-bond acceptors (Lipinski definition) is 4. The highest BCUT2D eigenvalue weighted by molar-refractivity contribution is 7.99. The Labute approximate surface area is 174 Å². The van der Waals surface area contributed by atoms with Gasteiger partial charge in [-0.25, -0.2) is 13.6 Å². The van der Waals surface area contributed by atoms with Crippen LogP contribution in [0.5, 0.6) is 0 Å². The zero-order chi connectivity index (χ0) is 20.4.